The number of ketones is 1. The molecule has 0 radical (unpaired) electrons. The maximum atomic E-state index is 12.3. The SMILES string of the molecule is CN[C@@H](Cc1ccc(C(F)(F)F)cc1)C(C)=O. The Morgan fingerprint density at radius 1 is 1.29 bits per heavy atom. The third kappa shape index (κ3) is 3.85. The number of hydrogen-bond acceptors (Lipinski definition) is 2. The van der Waals surface area contributed by atoms with E-state index in [1.165, 1.54) is 19.1 Å². The third-order valence-corrected chi connectivity index (χ3v) is 2.56. The van der Waals surface area contributed by atoms with Crippen LogP contribution in [-0.4, -0.2) is 18.9 Å². The van der Waals surface area contributed by atoms with Crippen LogP contribution in [0.4, 0.5) is 13.2 Å². The summed E-state index contributed by atoms with van der Waals surface area (Å²) in [6.07, 6.45) is -3.93. The van der Waals surface area contributed by atoms with Gasteiger partial charge in [-0.15, -0.1) is 0 Å². The summed E-state index contributed by atoms with van der Waals surface area (Å²) in [5, 5.41) is 2.82. The van der Waals surface area contributed by atoms with Gasteiger partial charge in [-0.3, -0.25) is 4.79 Å². The summed E-state index contributed by atoms with van der Waals surface area (Å²) in [5.41, 5.74) is 0.0256. The Bertz CT molecular complexity index is 384. The second-order valence-electron chi connectivity index (χ2n) is 3.85. The molecule has 94 valence electrons. The smallest absolute Gasteiger partial charge is 0.310 e. The van der Waals surface area contributed by atoms with E-state index in [0.29, 0.717) is 12.0 Å². The lowest BCUT2D eigenvalue weighted by atomic mass is 10.0. The predicted octanol–water partition coefficient (Wildman–Crippen LogP) is 2.42. The summed E-state index contributed by atoms with van der Waals surface area (Å²) in [7, 11) is 1.65. The van der Waals surface area contributed by atoms with Gasteiger partial charge in [0.05, 0.1) is 11.6 Å². The molecule has 0 saturated heterocycles. The first kappa shape index (κ1) is 13.7. The summed E-state index contributed by atoms with van der Waals surface area (Å²) in [6, 6.07) is 4.50. The lowest BCUT2D eigenvalue weighted by Gasteiger charge is -2.13. The Kier molecular flexibility index (Phi) is 4.28. The molecule has 2 nitrogen and oxygen atoms in total. The van der Waals surface area contributed by atoms with E-state index < -0.39 is 11.7 Å². The van der Waals surface area contributed by atoms with Gasteiger partial charge in [-0.05, 0) is 38.1 Å². The quantitative estimate of drug-likeness (QED) is 0.882. The van der Waals surface area contributed by atoms with Crippen molar-refractivity contribution in [3.05, 3.63) is 35.4 Å². The Morgan fingerprint density at radius 2 is 1.82 bits per heavy atom. The van der Waals surface area contributed by atoms with Crippen LogP contribution in [0.3, 0.4) is 0 Å². The Morgan fingerprint density at radius 3 is 2.18 bits per heavy atom. The average Bonchev–Trinajstić information content (AvgIpc) is 2.25. The number of carbonyl (C=O) groups is 1. The minimum atomic E-state index is -4.32. The Balaban J connectivity index is 2.78. The van der Waals surface area contributed by atoms with Gasteiger partial charge >= 0.3 is 6.18 Å². The number of rotatable bonds is 4. The molecule has 1 rings (SSSR count). The first-order valence-corrected chi connectivity index (χ1v) is 5.18. The van der Waals surface area contributed by atoms with Crippen molar-refractivity contribution in [3.8, 4) is 0 Å². The summed E-state index contributed by atoms with van der Waals surface area (Å²) in [5.74, 6) is -0.0348. The van der Waals surface area contributed by atoms with Crippen molar-refractivity contribution in [3.63, 3.8) is 0 Å². The molecule has 0 saturated carbocycles. The highest BCUT2D eigenvalue weighted by atomic mass is 19.4. The molecule has 0 spiro atoms. The first-order valence-electron chi connectivity index (χ1n) is 5.18. The van der Waals surface area contributed by atoms with Gasteiger partial charge in [0, 0.05) is 0 Å². The normalized spacial score (nSPS) is 13.5. The maximum absolute atomic E-state index is 12.3. The number of carbonyl (C=O) groups excluding carboxylic acids is 1. The van der Waals surface area contributed by atoms with E-state index in [-0.39, 0.29) is 11.8 Å². The van der Waals surface area contributed by atoms with E-state index in [0.717, 1.165) is 12.1 Å². The van der Waals surface area contributed by atoms with Gasteiger partial charge in [0.15, 0.2) is 0 Å². The second-order valence-corrected chi connectivity index (χ2v) is 3.85. The van der Waals surface area contributed by atoms with Crippen LogP contribution < -0.4 is 5.32 Å². The molecule has 1 N–H and O–H groups in total. The fourth-order valence-corrected chi connectivity index (χ4v) is 1.51. The highest BCUT2D eigenvalue weighted by Crippen LogP contribution is 2.29. The van der Waals surface area contributed by atoms with Gasteiger partial charge in [0.1, 0.15) is 5.78 Å². The highest BCUT2D eigenvalue weighted by Gasteiger charge is 2.30. The van der Waals surface area contributed by atoms with Crippen LogP contribution in [0.15, 0.2) is 24.3 Å². The highest BCUT2D eigenvalue weighted by molar-refractivity contribution is 5.81. The second kappa shape index (κ2) is 5.31. The van der Waals surface area contributed by atoms with Crippen LogP contribution in [0, 0.1) is 0 Å². The summed E-state index contributed by atoms with van der Waals surface area (Å²) in [4.78, 5) is 11.2. The van der Waals surface area contributed by atoms with Gasteiger partial charge in [0.2, 0.25) is 0 Å². The van der Waals surface area contributed by atoms with Crippen molar-refractivity contribution in [2.24, 2.45) is 0 Å². The summed E-state index contributed by atoms with van der Waals surface area (Å²) >= 11 is 0. The zero-order valence-corrected chi connectivity index (χ0v) is 9.64. The molecule has 1 aromatic rings. The minimum Gasteiger partial charge on any atom is -0.310 e. The van der Waals surface area contributed by atoms with E-state index in [1.807, 2.05) is 0 Å². The molecular formula is C12H14F3NO. The lowest BCUT2D eigenvalue weighted by Crippen LogP contribution is -2.34. The van der Waals surface area contributed by atoms with Crippen LogP contribution in [0.25, 0.3) is 0 Å². The van der Waals surface area contributed by atoms with Gasteiger partial charge < -0.3 is 5.32 Å². The minimum absolute atomic E-state index is 0.0348. The van der Waals surface area contributed by atoms with Gasteiger partial charge in [-0.25, -0.2) is 0 Å². The molecule has 0 unspecified atom stereocenters. The number of nitrogens with one attached hydrogen (secondary N) is 1. The molecule has 0 fully saturated rings. The summed E-state index contributed by atoms with van der Waals surface area (Å²) < 4.78 is 36.9. The zero-order valence-electron chi connectivity index (χ0n) is 9.64. The van der Waals surface area contributed by atoms with Crippen molar-refractivity contribution in [2.75, 3.05) is 7.05 Å². The molecule has 0 bridgehead atoms. The monoisotopic (exact) mass is 245 g/mol. The van der Waals surface area contributed by atoms with Crippen LogP contribution in [0.2, 0.25) is 0 Å². The Labute approximate surface area is 97.8 Å². The molecule has 0 aliphatic rings. The molecule has 0 amide bonds. The van der Waals surface area contributed by atoms with E-state index >= 15 is 0 Å². The third-order valence-electron chi connectivity index (χ3n) is 2.56. The molecular weight excluding hydrogens is 231 g/mol. The zero-order chi connectivity index (χ0) is 13.1. The molecule has 1 aromatic carbocycles. The number of halogens is 3. The molecule has 0 heterocycles. The van der Waals surface area contributed by atoms with Crippen molar-refractivity contribution in [1.82, 2.24) is 5.32 Å². The van der Waals surface area contributed by atoms with Crippen molar-refractivity contribution in [1.29, 1.82) is 0 Å². The molecule has 0 aromatic heterocycles. The van der Waals surface area contributed by atoms with E-state index in [2.05, 4.69) is 5.32 Å². The van der Waals surface area contributed by atoms with E-state index in [4.69, 9.17) is 0 Å². The van der Waals surface area contributed by atoms with E-state index in [1.54, 1.807) is 7.05 Å². The van der Waals surface area contributed by atoms with Crippen LogP contribution in [0.1, 0.15) is 18.1 Å². The number of benzene rings is 1. The van der Waals surface area contributed by atoms with Crippen LogP contribution >= 0.6 is 0 Å². The van der Waals surface area contributed by atoms with Crippen molar-refractivity contribution in [2.45, 2.75) is 25.6 Å². The maximum Gasteiger partial charge on any atom is 0.416 e. The Hall–Kier alpha value is -1.36. The number of hydrogen-bond donors (Lipinski definition) is 1. The van der Waals surface area contributed by atoms with Crippen molar-refractivity contribution >= 4 is 5.78 Å². The van der Waals surface area contributed by atoms with Crippen molar-refractivity contribution < 1.29 is 18.0 Å². The molecule has 17 heavy (non-hydrogen) atoms. The fraction of sp³-hybridized carbons (Fsp3) is 0.417. The van der Waals surface area contributed by atoms with Crippen LogP contribution in [0.5, 0.6) is 0 Å². The number of alkyl halides is 3. The largest absolute Gasteiger partial charge is 0.416 e. The van der Waals surface area contributed by atoms with E-state index in [9.17, 15) is 18.0 Å². The number of Topliss-reactive ketones (excluding diaryl/α,β-unsaturated/α-hetero) is 1. The molecule has 1 atom stereocenters. The number of likely N-dealkylation sites (N-methyl/N-ethyl adjacent to an activating group) is 1. The van der Waals surface area contributed by atoms with Gasteiger partial charge in [-0.1, -0.05) is 12.1 Å². The lowest BCUT2D eigenvalue weighted by molar-refractivity contribution is -0.137. The fourth-order valence-electron chi connectivity index (χ4n) is 1.51. The summed E-state index contributed by atoms with van der Waals surface area (Å²) in [6.45, 7) is 1.45. The first-order chi connectivity index (χ1) is 7.84. The van der Waals surface area contributed by atoms with Gasteiger partial charge in [0.25, 0.3) is 0 Å². The van der Waals surface area contributed by atoms with Gasteiger partial charge in [-0.2, -0.15) is 13.2 Å². The predicted molar refractivity (Wildman–Crippen MR) is 58.7 cm³/mol. The molecule has 0 aliphatic heterocycles. The molecule has 0 aliphatic carbocycles. The topological polar surface area (TPSA) is 29.1 Å². The van der Waals surface area contributed by atoms with Crippen LogP contribution in [-0.2, 0) is 17.4 Å². The average molecular weight is 245 g/mol. The molecule has 5 heteroatoms. The standard InChI is InChI=1S/C12H14F3NO/c1-8(17)11(16-2)7-9-3-5-10(6-4-9)12(13,14)15/h3-6,11,16H,7H2,1-2H3/t11-/m0/s1.